The molecule has 0 heterocycles. The first-order chi connectivity index (χ1) is 9.85. The van der Waals surface area contributed by atoms with E-state index in [0.717, 1.165) is 5.69 Å². The minimum Gasteiger partial charge on any atom is -0.399 e. The van der Waals surface area contributed by atoms with Crippen molar-refractivity contribution in [3.8, 4) is 0 Å². The molecule has 0 unspecified atom stereocenters. The van der Waals surface area contributed by atoms with Gasteiger partial charge in [0.05, 0.1) is 11.4 Å². The SMILES string of the molecule is CN(C)c1cccc(NS(=O)(=O)Cc2ccc(N)cc2)c1. The lowest BCUT2D eigenvalue weighted by atomic mass is 10.2. The van der Waals surface area contributed by atoms with E-state index in [1.165, 1.54) is 0 Å². The van der Waals surface area contributed by atoms with Gasteiger partial charge in [0.25, 0.3) is 0 Å². The van der Waals surface area contributed by atoms with Gasteiger partial charge < -0.3 is 10.6 Å². The highest BCUT2D eigenvalue weighted by atomic mass is 32.2. The fourth-order valence-corrected chi connectivity index (χ4v) is 3.09. The van der Waals surface area contributed by atoms with Crippen LogP contribution in [0.5, 0.6) is 0 Å². The van der Waals surface area contributed by atoms with Crippen LogP contribution < -0.4 is 15.4 Å². The molecule has 0 atom stereocenters. The van der Waals surface area contributed by atoms with E-state index in [9.17, 15) is 8.42 Å². The molecule has 0 aliphatic rings. The molecule has 21 heavy (non-hydrogen) atoms. The quantitative estimate of drug-likeness (QED) is 0.831. The van der Waals surface area contributed by atoms with E-state index in [2.05, 4.69) is 4.72 Å². The summed E-state index contributed by atoms with van der Waals surface area (Å²) >= 11 is 0. The molecule has 0 radical (unpaired) electrons. The number of anilines is 3. The van der Waals surface area contributed by atoms with Crippen LogP contribution in [0.25, 0.3) is 0 Å². The Morgan fingerprint density at radius 3 is 2.38 bits per heavy atom. The summed E-state index contributed by atoms with van der Waals surface area (Å²) in [5.41, 5.74) is 8.38. The van der Waals surface area contributed by atoms with Crippen molar-refractivity contribution >= 4 is 27.1 Å². The molecule has 0 fully saturated rings. The summed E-state index contributed by atoms with van der Waals surface area (Å²) in [4.78, 5) is 1.91. The van der Waals surface area contributed by atoms with Gasteiger partial charge in [-0.15, -0.1) is 0 Å². The fraction of sp³-hybridized carbons (Fsp3) is 0.200. The van der Waals surface area contributed by atoms with Crippen LogP contribution >= 0.6 is 0 Å². The van der Waals surface area contributed by atoms with Crippen LogP contribution in [0.4, 0.5) is 17.1 Å². The van der Waals surface area contributed by atoms with Crippen molar-refractivity contribution in [2.75, 3.05) is 29.5 Å². The van der Waals surface area contributed by atoms with E-state index >= 15 is 0 Å². The van der Waals surface area contributed by atoms with Crippen molar-refractivity contribution in [2.45, 2.75) is 5.75 Å². The van der Waals surface area contributed by atoms with E-state index in [-0.39, 0.29) is 5.75 Å². The molecular weight excluding hydrogens is 286 g/mol. The topological polar surface area (TPSA) is 75.4 Å². The molecule has 0 spiro atoms. The molecule has 0 saturated heterocycles. The summed E-state index contributed by atoms with van der Waals surface area (Å²) in [6, 6.07) is 14.1. The van der Waals surface area contributed by atoms with E-state index < -0.39 is 10.0 Å². The maximum Gasteiger partial charge on any atom is 0.236 e. The molecule has 0 aliphatic carbocycles. The van der Waals surface area contributed by atoms with Gasteiger partial charge in [-0.25, -0.2) is 8.42 Å². The van der Waals surface area contributed by atoms with Crippen LogP contribution in [-0.4, -0.2) is 22.5 Å². The number of rotatable bonds is 5. The monoisotopic (exact) mass is 305 g/mol. The highest BCUT2D eigenvalue weighted by molar-refractivity contribution is 7.91. The Hall–Kier alpha value is -2.21. The molecule has 6 heteroatoms. The average Bonchev–Trinajstić information content (AvgIpc) is 2.41. The zero-order valence-electron chi connectivity index (χ0n) is 12.1. The van der Waals surface area contributed by atoms with E-state index in [4.69, 9.17) is 5.73 Å². The van der Waals surface area contributed by atoms with Gasteiger partial charge in [-0.3, -0.25) is 4.72 Å². The number of nitrogens with zero attached hydrogens (tertiary/aromatic N) is 1. The highest BCUT2D eigenvalue weighted by Crippen LogP contribution is 2.19. The molecular formula is C15H19N3O2S. The van der Waals surface area contributed by atoms with Crippen molar-refractivity contribution in [2.24, 2.45) is 0 Å². The van der Waals surface area contributed by atoms with Crippen molar-refractivity contribution < 1.29 is 8.42 Å². The van der Waals surface area contributed by atoms with Crippen LogP contribution in [0.2, 0.25) is 0 Å². The average molecular weight is 305 g/mol. The summed E-state index contributed by atoms with van der Waals surface area (Å²) in [5, 5.41) is 0. The third-order valence-corrected chi connectivity index (χ3v) is 4.23. The molecule has 5 nitrogen and oxygen atoms in total. The van der Waals surface area contributed by atoms with Gasteiger partial charge >= 0.3 is 0 Å². The Bertz CT molecular complexity index is 710. The third-order valence-electron chi connectivity index (χ3n) is 2.97. The van der Waals surface area contributed by atoms with Crippen molar-refractivity contribution in [1.29, 1.82) is 0 Å². The van der Waals surface area contributed by atoms with Gasteiger partial charge in [-0.1, -0.05) is 18.2 Å². The third kappa shape index (κ3) is 4.39. The van der Waals surface area contributed by atoms with Gasteiger partial charge in [0, 0.05) is 25.5 Å². The summed E-state index contributed by atoms with van der Waals surface area (Å²) in [7, 11) is 0.357. The maximum atomic E-state index is 12.2. The number of nitrogens with two attached hydrogens (primary N) is 1. The second kappa shape index (κ2) is 6.05. The summed E-state index contributed by atoms with van der Waals surface area (Å²) in [6.07, 6.45) is 0. The molecule has 2 aromatic carbocycles. The second-order valence-corrected chi connectivity index (χ2v) is 6.77. The van der Waals surface area contributed by atoms with Gasteiger partial charge in [0.15, 0.2) is 0 Å². The van der Waals surface area contributed by atoms with Crippen molar-refractivity contribution in [1.82, 2.24) is 0 Å². The molecule has 0 amide bonds. The maximum absolute atomic E-state index is 12.2. The number of nitrogens with one attached hydrogen (secondary N) is 1. The zero-order chi connectivity index (χ0) is 15.5. The number of nitrogen functional groups attached to an aromatic ring is 1. The first-order valence-electron chi connectivity index (χ1n) is 6.48. The molecule has 0 aliphatic heterocycles. The first-order valence-corrected chi connectivity index (χ1v) is 8.13. The fourth-order valence-electron chi connectivity index (χ4n) is 1.90. The zero-order valence-corrected chi connectivity index (χ0v) is 12.9. The molecule has 0 aromatic heterocycles. The molecule has 112 valence electrons. The number of hydrogen-bond acceptors (Lipinski definition) is 4. The second-order valence-electron chi connectivity index (χ2n) is 5.05. The molecule has 0 bridgehead atoms. The lowest BCUT2D eigenvalue weighted by molar-refractivity contribution is 0.600. The van der Waals surface area contributed by atoms with Crippen LogP contribution in [0, 0.1) is 0 Å². The standard InChI is InChI=1S/C15H19N3O2S/c1-18(2)15-5-3-4-14(10-15)17-21(19,20)11-12-6-8-13(16)9-7-12/h3-10,17H,11,16H2,1-2H3. The number of benzene rings is 2. The minimum atomic E-state index is -3.45. The Morgan fingerprint density at radius 1 is 1.10 bits per heavy atom. The molecule has 0 saturated carbocycles. The summed E-state index contributed by atoms with van der Waals surface area (Å²) in [6.45, 7) is 0. The van der Waals surface area contributed by atoms with Gasteiger partial charge in [0.1, 0.15) is 0 Å². The first kappa shape index (κ1) is 15.2. The predicted octanol–water partition coefficient (Wildman–Crippen LogP) is 2.28. The summed E-state index contributed by atoms with van der Waals surface area (Å²) in [5.74, 6) is -0.0839. The van der Waals surface area contributed by atoms with Gasteiger partial charge in [-0.05, 0) is 35.9 Å². The molecule has 3 N–H and O–H groups in total. The summed E-state index contributed by atoms with van der Waals surface area (Å²) < 4.78 is 26.9. The molecule has 2 rings (SSSR count). The Kier molecular flexibility index (Phi) is 4.37. The highest BCUT2D eigenvalue weighted by Gasteiger charge is 2.12. The van der Waals surface area contributed by atoms with Crippen LogP contribution in [-0.2, 0) is 15.8 Å². The largest absolute Gasteiger partial charge is 0.399 e. The lowest BCUT2D eigenvalue weighted by Crippen LogP contribution is -2.16. The van der Waals surface area contributed by atoms with Gasteiger partial charge in [0.2, 0.25) is 10.0 Å². The Labute approximate surface area is 125 Å². The normalized spacial score (nSPS) is 11.1. The number of sulfonamides is 1. The van der Waals surface area contributed by atoms with Gasteiger partial charge in [-0.2, -0.15) is 0 Å². The predicted molar refractivity (Wildman–Crippen MR) is 87.9 cm³/mol. The smallest absolute Gasteiger partial charge is 0.236 e. The van der Waals surface area contributed by atoms with E-state index in [0.29, 0.717) is 16.9 Å². The Balaban J connectivity index is 2.14. The van der Waals surface area contributed by atoms with Crippen LogP contribution in [0.15, 0.2) is 48.5 Å². The van der Waals surface area contributed by atoms with E-state index in [1.807, 2.05) is 31.1 Å². The number of hydrogen-bond donors (Lipinski definition) is 2. The van der Waals surface area contributed by atoms with Crippen LogP contribution in [0.3, 0.4) is 0 Å². The Morgan fingerprint density at radius 2 is 1.76 bits per heavy atom. The lowest BCUT2D eigenvalue weighted by Gasteiger charge is -2.14. The molecule has 2 aromatic rings. The van der Waals surface area contributed by atoms with Crippen LogP contribution in [0.1, 0.15) is 5.56 Å². The van der Waals surface area contributed by atoms with Crippen molar-refractivity contribution in [3.05, 3.63) is 54.1 Å². The van der Waals surface area contributed by atoms with Crippen molar-refractivity contribution in [3.63, 3.8) is 0 Å². The van der Waals surface area contributed by atoms with E-state index in [1.54, 1.807) is 36.4 Å². The minimum absolute atomic E-state index is 0.0839.